The average molecular weight is 263 g/mol. The molecule has 4 heteroatoms. The lowest BCUT2D eigenvalue weighted by molar-refractivity contribution is 0.384. The third-order valence-corrected chi connectivity index (χ3v) is 3.11. The van der Waals surface area contributed by atoms with Crippen LogP contribution in [-0.4, -0.2) is 14.2 Å². The first-order valence-electron chi connectivity index (χ1n) is 6.29. The van der Waals surface area contributed by atoms with Gasteiger partial charge in [0.05, 0.1) is 13.2 Å². The van der Waals surface area contributed by atoms with Crippen LogP contribution in [0, 0.1) is 5.82 Å². The van der Waals surface area contributed by atoms with Gasteiger partial charge < -0.3 is 14.5 Å². The summed E-state index contributed by atoms with van der Waals surface area (Å²) < 4.78 is 24.2. The zero-order chi connectivity index (χ0) is 13.8. The second-order valence-electron chi connectivity index (χ2n) is 4.27. The highest BCUT2D eigenvalue weighted by Crippen LogP contribution is 2.28. The first kappa shape index (κ1) is 13.6. The summed E-state index contributed by atoms with van der Waals surface area (Å²) >= 11 is 0. The van der Waals surface area contributed by atoms with Gasteiger partial charge in [0.15, 0.2) is 11.6 Å². The minimum Gasteiger partial charge on any atom is -0.494 e. The van der Waals surface area contributed by atoms with Crippen LogP contribution < -0.4 is 10.1 Å². The number of furan rings is 1. The molecule has 0 saturated carbocycles. The number of hydrogen-bond donors (Lipinski definition) is 1. The summed E-state index contributed by atoms with van der Waals surface area (Å²) in [6.45, 7) is 2.04. The number of nitrogens with one attached hydrogen (secondary N) is 1. The molecule has 1 N–H and O–H groups in total. The summed E-state index contributed by atoms with van der Waals surface area (Å²) in [5.74, 6) is 1.62. The summed E-state index contributed by atoms with van der Waals surface area (Å²) in [4.78, 5) is 0. The minimum atomic E-state index is -0.366. The molecule has 0 bridgehead atoms. The van der Waals surface area contributed by atoms with Crippen molar-refractivity contribution in [2.75, 3.05) is 14.2 Å². The van der Waals surface area contributed by atoms with E-state index in [1.165, 1.54) is 13.2 Å². The molecule has 0 aliphatic rings. The Morgan fingerprint density at radius 2 is 2.11 bits per heavy atom. The van der Waals surface area contributed by atoms with Crippen molar-refractivity contribution in [3.8, 4) is 5.75 Å². The number of rotatable bonds is 5. The quantitative estimate of drug-likeness (QED) is 0.898. The van der Waals surface area contributed by atoms with Crippen LogP contribution in [-0.2, 0) is 6.42 Å². The minimum absolute atomic E-state index is 0.116. The van der Waals surface area contributed by atoms with Crippen molar-refractivity contribution in [1.29, 1.82) is 0 Å². The van der Waals surface area contributed by atoms with E-state index in [9.17, 15) is 4.39 Å². The molecule has 0 amide bonds. The van der Waals surface area contributed by atoms with Crippen molar-refractivity contribution in [3.63, 3.8) is 0 Å². The van der Waals surface area contributed by atoms with Crippen molar-refractivity contribution >= 4 is 0 Å². The fourth-order valence-electron chi connectivity index (χ4n) is 2.07. The Kier molecular flexibility index (Phi) is 4.22. The largest absolute Gasteiger partial charge is 0.494 e. The third kappa shape index (κ3) is 2.79. The van der Waals surface area contributed by atoms with Crippen molar-refractivity contribution < 1.29 is 13.5 Å². The Bertz CT molecular complexity index is 551. The van der Waals surface area contributed by atoms with E-state index < -0.39 is 0 Å². The first-order valence-corrected chi connectivity index (χ1v) is 6.29. The highest BCUT2D eigenvalue weighted by Gasteiger charge is 2.17. The van der Waals surface area contributed by atoms with Crippen molar-refractivity contribution in [3.05, 3.63) is 53.2 Å². The fourth-order valence-corrected chi connectivity index (χ4v) is 2.07. The summed E-state index contributed by atoms with van der Waals surface area (Å²) in [6.07, 6.45) is 0.850. The number of halogens is 1. The number of ether oxygens (including phenoxy) is 1. The molecule has 2 aromatic rings. The standard InChI is InChI=1S/C15H18FNO2/c1-4-11-6-8-13(19-11)15(17-2)10-5-7-12(16)14(9-10)18-3/h5-9,15,17H,4H2,1-3H3. The maximum Gasteiger partial charge on any atom is 0.165 e. The van der Waals surface area contributed by atoms with Crippen LogP contribution in [0.25, 0.3) is 0 Å². The molecule has 1 atom stereocenters. The molecular weight excluding hydrogens is 245 g/mol. The number of methoxy groups -OCH3 is 1. The summed E-state index contributed by atoms with van der Waals surface area (Å²) in [5.41, 5.74) is 0.901. The van der Waals surface area contributed by atoms with Gasteiger partial charge in [-0.05, 0) is 36.9 Å². The molecule has 0 aliphatic carbocycles. The van der Waals surface area contributed by atoms with Crippen LogP contribution in [0.4, 0.5) is 4.39 Å². The number of benzene rings is 1. The predicted molar refractivity (Wildman–Crippen MR) is 71.9 cm³/mol. The molecule has 3 nitrogen and oxygen atoms in total. The zero-order valence-electron chi connectivity index (χ0n) is 11.4. The topological polar surface area (TPSA) is 34.4 Å². The van der Waals surface area contributed by atoms with E-state index in [1.54, 1.807) is 12.1 Å². The SMILES string of the molecule is CCc1ccc(C(NC)c2ccc(F)c(OC)c2)o1. The molecule has 0 fully saturated rings. The van der Waals surface area contributed by atoms with E-state index in [0.717, 1.165) is 23.5 Å². The Labute approximate surface area is 112 Å². The van der Waals surface area contributed by atoms with E-state index in [0.29, 0.717) is 0 Å². The van der Waals surface area contributed by atoms with E-state index >= 15 is 0 Å². The Balaban J connectivity index is 2.36. The molecule has 0 aliphatic heterocycles. The molecule has 0 radical (unpaired) electrons. The summed E-state index contributed by atoms with van der Waals surface area (Å²) in [5, 5.41) is 3.17. The molecule has 1 aromatic carbocycles. The maximum absolute atomic E-state index is 13.4. The van der Waals surface area contributed by atoms with Crippen LogP contribution in [0.1, 0.15) is 30.0 Å². The molecule has 0 saturated heterocycles. The Hall–Kier alpha value is -1.81. The van der Waals surface area contributed by atoms with Gasteiger partial charge in [0, 0.05) is 6.42 Å². The van der Waals surface area contributed by atoms with Crippen molar-refractivity contribution in [2.24, 2.45) is 0 Å². The van der Waals surface area contributed by atoms with Gasteiger partial charge in [-0.25, -0.2) is 4.39 Å². The lowest BCUT2D eigenvalue weighted by atomic mass is 10.0. The van der Waals surface area contributed by atoms with Crippen LogP contribution in [0.2, 0.25) is 0 Å². The molecule has 1 aromatic heterocycles. The molecule has 1 heterocycles. The lowest BCUT2D eigenvalue weighted by Crippen LogP contribution is -2.17. The smallest absolute Gasteiger partial charge is 0.165 e. The summed E-state index contributed by atoms with van der Waals surface area (Å²) in [6, 6.07) is 8.60. The molecule has 19 heavy (non-hydrogen) atoms. The first-order chi connectivity index (χ1) is 9.19. The molecule has 0 spiro atoms. The van der Waals surface area contributed by atoms with Crippen molar-refractivity contribution in [1.82, 2.24) is 5.32 Å². The van der Waals surface area contributed by atoms with E-state index in [-0.39, 0.29) is 17.6 Å². The van der Waals surface area contributed by atoms with Gasteiger partial charge in [0.25, 0.3) is 0 Å². The van der Waals surface area contributed by atoms with Gasteiger partial charge in [-0.15, -0.1) is 0 Å². The van der Waals surface area contributed by atoms with Gasteiger partial charge in [-0.2, -0.15) is 0 Å². The molecule has 2 rings (SSSR count). The highest BCUT2D eigenvalue weighted by atomic mass is 19.1. The summed E-state index contributed by atoms with van der Waals surface area (Å²) in [7, 11) is 3.30. The van der Waals surface area contributed by atoms with Crippen LogP contribution in [0.15, 0.2) is 34.7 Å². The Morgan fingerprint density at radius 3 is 2.68 bits per heavy atom. The van der Waals surface area contributed by atoms with E-state index in [1.807, 2.05) is 26.1 Å². The van der Waals surface area contributed by atoms with Gasteiger partial charge in [0.1, 0.15) is 11.5 Å². The van der Waals surface area contributed by atoms with Gasteiger partial charge in [-0.3, -0.25) is 0 Å². The van der Waals surface area contributed by atoms with Crippen LogP contribution in [0.5, 0.6) is 5.75 Å². The lowest BCUT2D eigenvalue weighted by Gasteiger charge is -2.15. The second-order valence-corrected chi connectivity index (χ2v) is 4.27. The van der Waals surface area contributed by atoms with Crippen LogP contribution >= 0.6 is 0 Å². The Morgan fingerprint density at radius 1 is 1.32 bits per heavy atom. The fraction of sp³-hybridized carbons (Fsp3) is 0.333. The van der Waals surface area contributed by atoms with Crippen molar-refractivity contribution in [2.45, 2.75) is 19.4 Å². The molecule has 102 valence electrons. The van der Waals surface area contributed by atoms with Gasteiger partial charge in [0.2, 0.25) is 0 Å². The molecular formula is C15H18FNO2. The third-order valence-electron chi connectivity index (χ3n) is 3.11. The normalized spacial score (nSPS) is 12.4. The van der Waals surface area contributed by atoms with Gasteiger partial charge >= 0.3 is 0 Å². The number of aryl methyl sites for hydroxylation is 1. The van der Waals surface area contributed by atoms with Crippen LogP contribution in [0.3, 0.4) is 0 Å². The van der Waals surface area contributed by atoms with E-state index in [4.69, 9.17) is 9.15 Å². The maximum atomic E-state index is 13.4. The second kappa shape index (κ2) is 5.89. The zero-order valence-corrected chi connectivity index (χ0v) is 11.4. The van der Waals surface area contributed by atoms with Gasteiger partial charge in [-0.1, -0.05) is 13.0 Å². The average Bonchev–Trinajstić information content (AvgIpc) is 2.90. The monoisotopic (exact) mass is 263 g/mol. The predicted octanol–water partition coefficient (Wildman–Crippen LogP) is 3.30. The highest BCUT2D eigenvalue weighted by molar-refractivity contribution is 5.35. The molecule has 1 unspecified atom stereocenters. The number of hydrogen-bond acceptors (Lipinski definition) is 3. The van der Waals surface area contributed by atoms with E-state index in [2.05, 4.69) is 5.32 Å².